The van der Waals surface area contributed by atoms with Gasteiger partial charge in [-0.25, -0.2) is 0 Å². The molecule has 0 fully saturated rings. The van der Waals surface area contributed by atoms with Gasteiger partial charge in [0, 0.05) is 38.6 Å². The van der Waals surface area contributed by atoms with Crippen LogP contribution in [-0.4, -0.2) is 0 Å². The van der Waals surface area contributed by atoms with E-state index in [1.54, 1.807) is 0 Å². The third kappa shape index (κ3) is 4.20. The number of benzene rings is 8. The fourth-order valence-corrected chi connectivity index (χ4v) is 7.55. The van der Waals surface area contributed by atoms with E-state index in [0.29, 0.717) is 22.5 Å². The van der Waals surface area contributed by atoms with Crippen molar-refractivity contribution in [2.24, 2.45) is 0 Å². The van der Waals surface area contributed by atoms with Crippen LogP contribution in [0.3, 0.4) is 0 Å². The number of furan rings is 1. The number of hydrogen-bond donors (Lipinski definition) is 0. The minimum atomic E-state index is -1.06. The van der Waals surface area contributed by atoms with Crippen LogP contribution in [0.2, 0.25) is 0 Å². The Bertz CT molecular complexity index is 3130. The zero-order valence-electron chi connectivity index (χ0n) is 33.9. The van der Waals surface area contributed by atoms with Crippen molar-refractivity contribution in [1.82, 2.24) is 0 Å². The van der Waals surface area contributed by atoms with Crippen LogP contribution < -0.4 is 4.90 Å². The average Bonchev–Trinajstić information content (AvgIpc) is 3.72. The average molecular weight is 635 g/mol. The van der Waals surface area contributed by atoms with Gasteiger partial charge in [-0.3, -0.25) is 0 Å². The van der Waals surface area contributed by atoms with Crippen LogP contribution in [0.15, 0.2) is 168 Å². The molecule has 0 spiro atoms. The van der Waals surface area contributed by atoms with Crippen molar-refractivity contribution in [3.8, 4) is 22.3 Å². The minimum absolute atomic E-state index is 0.00575. The third-order valence-electron chi connectivity index (χ3n) is 10.0. The van der Waals surface area contributed by atoms with Crippen LogP contribution in [0.5, 0.6) is 0 Å². The van der Waals surface area contributed by atoms with Gasteiger partial charge in [0.05, 0.1) is 9.60 Å². The first-order chi connectivity index (χ1) is 27.0. The van der Waals surface area contributed by atoms with Crippen LogP contribution in [0.1, 0.15) is 34.6 Å². The first-order valence-corrected chi connectivity index (χ1v) is 16.4. The van der Waals surface area contributed by atoms with Crippen molar-refractivity contribution in [3.63, 3.8) is 0 Å². The number of nitrogens with zero attached hydrogens (tertiary/aromatic N) is 1. The van der Waals surface area contributed by atoms with E-state index >= 15 is 0 Å². The molecule has 1 aromatic heterocycles. The van der Waals surface area contributed by atoms with E-state index in [1.807, 2.05) is 104 Å². The van der Waals surface area contributed by atoms with Crippen molar-refractivity contribution in [2.45, 2.75) is 19.3 Å². The maximum Gasteiger partial charge on any atom is 0.143 e. The Morgan fingerprint density at radius 1 is 0.551 bits per heavy atom. The zero-order valence-corrected chi connectivity index (χ0v) is 26.9. The third-order valence-corrected chi connectivity index (χ3v) is 10.0. The Balaban J connectivity index is 1.23. The van der Waals surface area contributed by atoms with Crippen molar-refractivity contribution in [1.29, 1.82) is 0 Å². The SMILES string of the molecule is [2H]c1c([2H])c([2H])c2c(c1[2H])-c1c([2H])c([2H])c(N(c3ccc(-c4ccccc4)cc3)c3ccc4c(ccc5ccc6c7ccccc7oc6c54)c3)c([2H])c1C2(C)C. The summed E-state index contributed by atoms with van der Waals surface area (Å²) in [7, 11) is 0. The summed E-state index contributed by atoms with van der Waals surface area (Å²) in [5.41, 5.74) is 5.34. The van der Waals surface area contributed by atoms with E-state index in [1.165, 1.54) is 0 Å². The maximum atomic E-state index is 9.89. The summed E-state index contributed by atoms with van der Waals surface area (Å²) in [5, 5.41) is 6.04. The van der Waals surface area contributed by atoms with E-state index in [-0.39, 0.29) is 53.1 Å². The van der Waals surface area contributed by atoms with E-state index in [2.05, 4.69) is 36.4 Å². The molecule has 232 valence electrons. The van der Waals surface area contributed by atoms with E-state index in [9.17, 15) is 4.11 Å². The molecule has 0 aliphatic heterocycles. The van der Waals surface area contributed by atoms with Crippen LogP contribution in [0.4, 0.5) is 17.1 Å². The summed E-state index contributed by atoms with van der Waals surface area (Å²) in [6, 6.07) is 38.8. The molecule has 0 bridgehead atoms. The normalized spacial score (nSPS) is 15.3. The molecule has 1 heterocycles. The standard InChI is InChI=1S/C47H33NO/c1-47(2)42-14-8-6-12-38(42)39-27-24-36(29-43(39)47)48(34-21-18-31(19-22-34)30-10-4-3-5-11-30)35-23-26-37-33(28-35)17-16-32-20-25-41-40-13-7-9-15-44(40)49-46(41)45(32)37/h3-29H,1-2H3/i6D,8D,12D,14D,24D,27D,29D. The molecular formula is C47H33NO. The number of fused-ring (bicyclic) bond motifs is 10. The molecule has 0 amide bonds. The van der Waals surface area contributed by atoms with Gasteiger partial charge < -0.3 is 9.32 Å². The fourth-order valence-electron chi connectivity index (χ4n) is 7.55. The molecule has 9 aromatic rings. The summed E-state index contributed by atoms with van der Waals surface area (Å²) >= 11 is 0. The molecule has 2 heteroatoms. The number of para-hydroxylation sites is 1. The van der Waals surface area contributed by atoms with E-state index in [0.717, 1.165) is 54.6 Å². The quantitative estimate of drug-likeness (QED) is 0.179. The van der Waals surface area contributed by atoms with Crippen LogP contribution >= 0.6 is 0 Å². The molecule has 1 aliphatic carbocycles. The van der Waals surface area contributed by atoms with Crippen molar-refractivity contribution in [3.05, 3.63) is 175 Å². The van der Waals surface area contributed by atoms with Crippen molar-refractivity contribution in [2.75, 3.05) is 4.90 Å². The first kappa shape index (κ1) is 21.7. The van der Waals surface area contributed by atoms with Crippen LogP contribution in [-0.2, 0) is 5.41 Å². The molecule has 2 nitrogen and oxygen atoms in total. The Morgan fingerprint density at radius 3 is 2.12 bits per heavy atom. The highest BCUT2D eigenvalue weighted by Crippen LogP contribution is 2.51. The molecule has 8 aromatic carbocycles. The fraction of sp³-hybridized carbons (Fsp3) is 0.0638. The highest BCUT2D eigenvalue weighted by molar-refractivity contribution is 6.23. The van der Waals surface area contributed by atoms with Gasteiger partial charge in [-0.1, -0.05) is 129 Å². The van der Waals surface area contributed by atoms with Crippen molar-refractivity contribution >= 4 is 60.5 Å². The summed E-state index contributed by atoms with van der Waals surface area (Å²) in [5.74, 6) is 0. The highest BCUT2D eigenvalue weighted by Gasteiger charge is 2.35. The lowest BCUT2D eigenvalue weighted by atomic mass is 9.82. The molecule has 1 aliphatic rings. The second-order valence-electron chi connectivity index (χ2n) is 13.2. The largest absolute Gasteiger partial charge is 0.455 e. The summed E-state index contributed by atoms with van der Waals surface area (Å²) in [6.45, 7) is 3.67. The lowest BCUT2D eigenvalue weighted by Gasteiger charge is -2.28. The smallest absolute Gasteiger partial charge is 0.143 e. The van der Waals surface area contributed by atoms with Gasteiger partial charge in [-0.15, -0.1) is 0 Å². The summed E-state index contributed by atoms with van der Waals surface area (Å²) in [4.78, 5) is 1.86. The Kier molecular flexibility index (Phi) is 4.62. The van der Waals surface area contributed by atoms with Gasteiger partial charge >= 0.3 is 0 Å². The van der Waals surface area contributed by atoms with E-state index in [4.69, 9.17) is 9.90 Å². The number of hydrogen-bond acceptors (Lipinski definition) is 2. The maximum absolute atomic E-state index is 9.89. The number of anilines is 3. The second kappa shape index (κ2) is 10.4. The first-order valence-electron chi connectivity index (χ1n) is 19.9. The van der Waals surface area contributed by atoms with Gasteiger partial charge in [0.25, 0.3) is 0 Å². The zero-order chi connectivity index (χ0) is 38.8. The summed E-state index contributed by atoms with van der Waals surface area (Å²) in [6.07, 6.45) is 0. The van der Waals surface area contributed by atoms with E-state index < -0.39 is 11.5 Å². The lowest BCUT2D eigenvalue weighted by Crippen LogP contribution is -2.16. The molecule has 0 unspecified atom stereocenters. The van der Waals surface area contributed by atoms with Crippen LogP contribution in [0.25, 0.3) is 65.7 Å². The molecule has 0 N–H and O–H groups in total. The topological polar surface area (TPSA) is 16.4 Å². The van der Waals surface area contributed by atoms with Gasteiger partial charge in [0.1, 0.15) is 11.2 Å². The van der Waals surface area contributed by atoms with Gasteiger partial charge in [-0.2, -0.15) is 0 Å². The molecule has 0 saturated heterocycles. The number of rotatable bonds is 4. The molecular weight excluding hydrogens is 595 g/mol. The van der Waals surface area contributed by atoms with Crippen molar-refractivity contribution < 1.29 is 14.0 Å². The lowest BCUT2D eigenvalue weighted by molar-refractivity contribution is 0.660. The predicted molar refractivity (Wildman–Crippen MR) is 206 cm³/mol. The molecule has 0 atom stereocenters. The predicted octanol–water partition coefficient (Wildman–Crippen LogP) is 13.3. The van der Waals surface area contributed by atoms with Gasteiger partial charge in [0.15, 0.2) is 0 Å². The summed E-state index contributed by atoms with van der Waals surface area (Å²) < 4.78 is 70.0. The Morgan fingerprint density at radius 2 is 1.24 bits per heavy atom. The molecule has 10 rings (SSSR count). The second-order valence-corrected chi connectivity index (χ2v) is 13.2. The van der Waals surface area contributed by atoms with Gasteiger partial charge in [0.2, 0.25) is 0 Å². The minimum Gasteiger partial charge on any atom is -0.455 e. The van der Waals surface area contributed by atoms with Crippen LogP contribution in [0, 0.1) is 0 Å². The molecule has 49 heavy (non-hydrogen) atoms. The highest BCUT2D eigenvalue weighted by atomic mass is 16.3. The Labute approximate surface area is 295 Å². The van der Waals surface area contributed by atoms with Gasteiger partial charge in [-0.05, 0) is 98.0 Å². The molecule has 0 radical (unpaired) electrons. The molecule has 0 saturated carbocycles. The Hall–Kier alpha value is -6.12. The monoisotopic (exact) mass is 634 g/mol.